The van der Waals surface area contributed by atoms with E-state index in [0.29, 0.717) is 12.5 Å². The van der Waals surface area contributed by atoms with E-state index in [9.17, 15) is 13.9 Å². The molecule has 2 N–H and O–H groups in total. The minimum Gasteiger partial charge on any atom is -0.396 e. The zero-order chi connectivity index (χ0) is 14.5. The van der Waals surface area contributed by atoms with Crippen molar-refractivity contribution in [2.45, 2.75) is 25.8 Å². The first-order valence-corrected chi connectivity index (χ1v) is 6.85. The number of halogens is 2. The number of aliphatic hydroxyl groups is 1. The second kappa shape index (κ2) is 6.78. The number of nitriles is 1. The Hall–Kier alpha value is -1.51. The maximum absolute atomic E-state index is 13.7. The lowest BCUT2D eigenvalue weighted by molar-refractivity contribution is 0.192. The van der Waals surface area contributed by atoms with Crippen LogP contribution in [-0.4, -0.2) is 18.3 Å². The fourth-order valence-electron chi connectivity index (χ4n) is 2.84. The number of benzene rings is 1. The molecule has 0 amide bonds. The van der Waals surface area contributed by atoms with Crippen molar-refractivity contribution in [2.24, 2.45) is 11.8 Å². The van der Waals surface area contributed by atoms with Crippen molar-refractivity contribution in [3.05, 3.63) is 34.9 Å². The molecule has 1 aromatic rings. The third-order valence-electron chi connectivity index (χ3n) is 4.03. The van der Waals surface area contributed by atoms with Gasteiger partial charge in [0.15, 0.2) is 0 Å². The summed E-state index contributed by atoms with van der Waals surface area (Å²) in [7, 11) is 0. The minimum absolute atomic E-state index is 0.0140. The Morgan fingerprint density at radius 3 is 2.50 bits per heavy atom. The van der Waals surface area contributed by atoms with Gasteiger partial charge < -0.3 is 10.4 Å². The normalized spacial score (nSPS) is 21.9. The summed E-state index contributed by atoms with van der Waals surface area (Å²) in [5.41, 5.74) is -0.0533. The standard InChI is InChI=1S/C15H18F2N2O/c16-14-4-10(6-18)5-15(17)13(14)8-19-7-11-2-1-3-12(11)9-20/h4-5,11-12,19-20H,1-3,7-9H2. The van der Waals surface area contributed by atoms with Crippen LogP contribution in [0.15, 0.2) is 12.1 Å². The number of hydrogen-bond donors (Lipinski definition) is 2. The molecule has 0 bridgehead atoms. The molecule has 3 nitrogen and oxygen atoms in total. The molecule has 1 fully saturated rings. The van der Waals surface area contributed by atoms with Crippen LogP contribution in [0.25, 0.3) is 0 Å². The van der Waals surface area contributed by atoms with Crippen molar-refractivity contribution in [1.29, 1.82) is 5.26 Å². The monoisotopic (exact) mass is 280 g/mol. The van der Waals surface area contributed by atoms with Crippen LogP contribution in [0.4, 0.5) is 8.78 Å². The third kappa shape index (κ3) is 3.33. The van der Waals surface area contributed by atoms with Crippen molar-refractivity contribution in [1.82, 2.24) is 5.32 Å². The quantitative estimate of drug-likeness (QED) is 0.870. The summed E-state index contributed by atoms with van der Waals surface area (Å²) in [6.07, 6.45) is 3.15. The van der Waals surface area contributed by atoms with Gasteiger partial charge in [-0.15, -0.1) is 0 Å². The Morgan fingerprint density at radius 1 is 1.25 bits per heavy atom. The number of rotatable bonds is 5. The van der Waals surface area contributed by atoms with E-state index < -0.39 is 11.6 Å². The summed E-state index contributed by atoms with van der Waals surface area (Å²) in [4.78, 5) is 0. The van der Waals surface area contributed by atoms with Crippen molar-refractivity contribution < 1.29 is 13.9 Å². The summed E-state index contributed by atoms with van der Waals surface area (Å²) in [6, 6.07) is 3.82. The van der Waals surface area contributed by atoms with Gasteiger partial charge in [0.05, 0.1) is 11.6 Å². The Morgan fingerprint density at radius 2 is 1.90 bits per heavy atom. The molecule has 2 rings (SSSR count). The second-order valence-corrected chi connectivity index (χ2v) is 5.29. The fourth-order valence-corrected chi connectivity index (χ4v) is 2.84. The number of nitrogens with one attached hydrogen (secondary N) is 1. The van der Waals surface area contributed by atoms with Crippen LogP contribution in [0.2, 0.25) is 0 Å². The molecule has 1 aromatic carbocycles. The molecule has 0 saturated heterocycles. The first-order chi connectivity index (χ1) is 9.65. The third-order valence-corrected chi connectivity index (χ3v) is 4.03. The summed E-state index contributed by atoms with van der Waals surface area (Å²) >= 11 is 0. The highest BCUT2D eigenvalue weighted by atomic mass is 19.1. The predicted octanol–water partition coefficient (Wildman–Crippen LogP) is 2.33. The molecule has 0 spiro atoms. The molecule has 108 valence electrons. The lowest BCUT2D eigenvalue weighted by Gasteiger charge is -2.18. The molecular formula is C15H18F2N2O. The number of hydrogen-bond acceptors (Lipinski definition) is 3. The van der Waals surface area contributed by atoms with Crippen LogP contribution < -0.4 is 5.32 Å². The summed E-state index contributed by atoms with van der Waals surface area (Å²) in [5, 5.41) is 20.9. The van der Waals surface area contributed by atoms with Gasteiger partial charge in [-0.1, -0.05) is 6.42 Å². The fraction of sp³-hybridized carbons (Fsp3) is 0.533. The zero-order valence-electron chi connectivity index (χ0n) is 11.2. The van der Waals surface area contributed by atoms with Gasteiger partial charge in [-0.2, -0.15) is 5.26 Å². The van der Waals surface area contributed by atoms with E-state index in [-0.39, 0.29) is 30.2 Å². The number of aliphatic hydroxyl groups excluding tert-OH is 1. The van der Waals surface area contributed by atoms with Crippen molar-refractivity contribution in [3.63, 3.8) is 0 Å². The van der Waals surface area contributed by atoms with E-state index in [1.807, 2.05) is 0 Å². The van der Waals surface area contributed by atoms with Gasteiger partial charge in [-0.25, -0.2) is 8.78 Å². The van der Waals surface area contributed by atoms with Crippen LogP contribution >= 0.6 is 0 Å². The van der Waals surface area contributed by atoms with Crippen LogP contribution in [-0.2, 0) is 6.54 Å². The Bertz CT molecular complexity index is 490. The Balaban J connectivity index is 1.93. The van der Waals surface area contributed by atoms with E-state index in [1.54, 1.807) is 6.07 Å². The van der Waals surface area contributed by atoms with Gasteiger partial charge in [0.2, 0.25) is 0 Å². The van der Waals surface area contributed by atoms with E-state index in [1.165, 1.54) is 0 Å². The molecule has 1 aliphatic rings. The average molecular weight is 280 g/mol. The number of nitrogens with zero attached hydrogens (tertiary/aromatic N) is 1. The first kappa shape index (κ1) is 14.9. The molecule has 0 aromatic heterocycles. The van der Waals surface area contributed by atoms with Gasteiger partial charge >= 0.3 is 0 Å². The molecule has 5 heteroatoms. The van der Waals surface area contributed by atoms with E-state index in [4.69, 9.17) is 5.26 Å². The van der Waals surface area contributed by atoms with Gasteiger partial charge in [-0.05, 0) is 43.4 Å². The largest absolute Gasteiger partial charge is 0.396 e. The summed E-state index contributed by atoms with van der Waals surface area (Å²) in [6.45, 7) is 0.911. The van der Waals surface area contributed by atoms with Crippen molar-refractivity contribution >= 4 is 0 Å². The van der Waals surface area contributed by atoms with Crippen LogP contribution in [0.1, 0.15) is 30.4 Å². The maximum atomic E-state index is 13.7. The molecule has 1 aliphatic carbocycles. The van der Waals surface area contributed by atoms with Gasteiger partial charge in [0.1, 0.15) is 11.6 Å². The molecule has 0 heterocycles. The summed E-state index contributed by atoms with van der Waals surface area (Å²) in [5.74, 6) is -0.735. The highest BCUT2D eigenvalue weighted by molar-refractivity contribution is 5.34. The van der Waals surface area contributed by atoms with E-state index in [0.717, 1.165) is 31.4 Å². The highest BCUT2D eigenvalue weighted by Gasteiger charge is 2.26. The van der Waals surface area contributed by atoms with Gasteiger partial charge in [0.25, 0.3) is 0 Å². The minimum atomic E-state index is -0.695. The second-order valence-electron chi connectivity index (χ2n) is 5.29. The molecule has 20 heavy (non-hydrogen) atoms. The molecule has 2 atom stereocenters. The Labute approximate surface area is 117 Å². The van der Waals surface area contributed by atoms with Crippen LogP contribution in [0, 0.1) is 34.8 Å². The molecule has 2 unspecified atom stereocenters. The molecule has 0 aliphatic heterocycles. The SMILES string of the molecule is N#Cc1cc(F)c(CNCC2CCCC2CO)c(F)c1. The maximum Gasteiger partial charge on any atom is 0.131 e. The van der Waals surface area contributed by atoms with Crippen LogP contribution in [0.5, 0.6) is 0 Å². The van der Waals surface area contributed by atoms with Gasteiger partial charge in [-0.3, -0.25) is 0 Å². The smallest absolute Gasteiger partial charge is 0.131 e. The van der Waals surface area contributed by atoms with E-state index in [2.05, 4.69) is 5.32 Å². The molecular weight excluding hydrogens is 262 g/mol. The summed E-state index contributed by atoms with van der Waals surface area (Å²) < 4.78 is 27.3. The predicted molar refractivity (Wildman–Crippen MR) is 70.7 cm³/mol. The molecule has 1 saturated carbocycles. The Kier molecular flexibility index (Phi) is 5.05. The van der Waals surface area contributed by atoms with E-state index >= 15 is 0 Å². The highest BCUT2D eigenvalue weighted by Crippen LogP contribution is 2.30. The zero-order valence-corrected chi connectivity index (χ0v) is 11.2. The van der Waals surface area contributed by atoms with Crippen LogP contribution in [0.3, 0.4) is 0 Å². The lowest BCUT2D eigenvalue weighted by Crippen LogP contribution is -2.27. The first-order valence-electron chi connectivity index (χ1n) is 6.85. The van der Waals surface area contributed by atoms with Crippen molar-refractivity contribution in [3.8, 4) is 6.07 Å². The topological polar surface area (TPSA) is 56.0 Å². The van der Waals surface area contributed by atoms with Gasteiger partial charge in [0, 0.05) is 18.7 Å². The van der Waals surface area contributed by atoms with Crippen molar-refractivity contribution in [2.75, 3.05) is 13.2 Å². The molecule has 0 radical (unpaired) electrons. The average Bonchev–Trinajstić information content (AvgIpc) is 2.89. The lowest BCUT2D eigenvalue weighted by atomic mass is 9.97.